The Morgan fingerprint density at radius 3 is 1.79 bits per heavy atom. The van der Waals surface area contributed by atoms with Crippen molar-refractivity contribution in [2.75, 3.05) is 19.8 Å². The SMILES string of the molecule is C=CCOc1nc(OCC=C)nc(OCC(=O)O)n1. The van der Waals surface area contributed by atoms with E-state index in [9.17, 15) is 4.79 Å². The molecule has 0 amide bonds. The van der Waals surface area contributed by atoms with Gasteiger partial charge < -0.3 is 19.3 Å². The van der Waals surface area contributed by atoms with Gasteiger partial charge in [0, 0.05) is 0 Å². The zero-order valence-electron chi connectivity index (χ0n) is 10.1. The summed E-state index contributed by atoms with van der Waals surface area (Å²) in [6.45, 7) is 6.75. The largest absolute Gasteiger partial charge is 0.479 e. The molecule has 0 aliphatic heterocycles. The maximum Gasteiger partial charge on any atom is 0.341 e. The average Bonchev–Trinajstić information content (AvgIpc) is 2.40. The van der Waals surface area contributed by atoms with E-state index in [0.29, 0.717) is 0 Å². The van der Waals surface area contributed by atoms with Crippen LogP contribution in [0.25, 0.3) is 0 Å². The maximum atomic E-state index is 10.4. The fourth-order valence-electron chi connectivity index (χ4n) is 0.907. The lowest BCUT2D eigenvalue weighted by Gasteiger charge is -2.07. The number of hydrogen-bond donors (Lipinski definition) is 1. The van der Waals surface area contributed by atoms with Crippen LogP contribution in [0, 0.1) is 0 Å². The van der Waals surface area contributed by atoms with Crippen molar-refractivity contribution in [2.24, 2.45) is 0 Å². The molecule has 102 valence electrons. The number of aliphatic carboxylic acids is 1. The molecule has 1 N–H and O–H groups in total. The van der Waals surface area contributed by atoms with Gasteiger partial charge in [-0.2, -0.15) is 0 Å². The summed E-state index contributed by atoms with van der Waals surface area (Å²) < 4.78 is 15.1. The fourth-order valence-corrected chi connectivity index (χ4v) is 0.907. The Balaban J connectivity index is 2.83. The van der Waals surface area contributed by atoms with Crippen molar-refractivity contribution in [2.45, 2.75) is 0 Å². The number of ether oxygens (including phenoxy) is 3. The molecule has 0 spiro atoms. The average molecular weight is 267 g/mol. The molecule has 0 saturated heterocycles. The summed E-state index contributed by atoms with van der Waals surface area (Å²) in [5.74, 6) is -1.15. The Morgan fingerprint density at radius 2 is 1.42 bits per heavy atom. The van der Waals surface area contributed by atoms with Gasteiger partial charge in [0.05, 0.1) is 0 Å². The van der Waals surface area contributed by atoms with Gasteiger partial charge in [-0.05, 0) is 0 Å². The van der Waals surface area contributed by atoms with Crippen LogP contribution in [0.2, 0.25) is 0 Å². The molecule has 8 heteroatoms. The molecule has 0 fully saturated rings. The van der Waals surface area contributed by atoms with Gasteiger partial charge in [0.25, 0.3) is 0 Å². The van der Waals surface area contributed by atoms with Gasteiger partial charge in [-0.3, -0.25) is 0 Å². The lowest BCUT2D eigenvalue weighted by atomic mass is 10.7. The van der Waals surface area contributed by atoms with Gasteiger partial charge in [0.15, 0.2) is 6.61 Å². The molecule has 1 heterocycles. The first kappa shape index (κ1) is 14.4. The van der Waals surface area contributed by atoms with E-state index in [0.717, 1.165) is 0 Å². The van der Waals surface area contributed by atoms with Crippen LogP contribution >= 0.6 is 0 Å². The number of hydrogen-bond acceptors (Lipinski definition) is 7. The molecule has 19 heavy (non-hydrogen) atoms. The van der Waals surface area contributed by atoms with Gasteiger partial charge in [0.2, 0.25) is 0 Å². The predicted molar refractivity (Wildman–Crippen MR) is 64.3 cm³/mol. The van der Waals surface area contributed by atoms with E-state index in [1.165, 1.54) is 12.2 Å². The third kappa shape index (κ3) is 5.48. The van der Waals surface area contributed by atoms with Crippen LogP contribution in [0.4, 0.5) is 0 Å². The number of rotatable bonds is 9. The zero-order chi connectivity index (χ0) is 14.1. The van der Waals surface area contributed by atoms with Gasteiger partial charge in [-0.15, -0.1) is 15.0 Å². The maximum absolute atomic E-state index is 10.4. The van der Waals surface area contributed by atoms with Crippen molar-refractivity contribution < 1.29 is 24.1 Å². The third-order valence-electron chi connectivity index (χ3n) is 1.56. The summed E-state index contributed by atoms with van der Waals surface area (Å²) in [6.07, 6.45) is 3.01. The first-order valence-electron chi connectivity index (χ1n) is 5.23. The second-order valence-electron chi connectivity index (χ2n) is 3.06. The summed E-state index contributed by atoms with van der Waals surface area (Å²) >= 11 is 0. The van der Waals surface area contributed by atoms with Crippen LogP contribution in [0.15, 0.2) is 25.3 Å². The number of nitrogens with zero attached hydrogens (tertiary/aromatic N) is 3. The molecule has 0 unspecified atom stereocenters. The van der Waals surface area contributed by atoms with E-state index in [1.807, 2.05) is 0 Å². The molecule has 1 aromatic rings. The lowest BCUT2D eigenvalue weighted by molar-refractivity contribution is -0.139. The minimum Gasteiger partial charge on any atom is -0.479 e. The summed E-state index contributed by atoms with van der Waals surface area (Å²) in [4.78, 5) is 21.8. The Labute approximate surface area is 109 Å². The number of carboxylic acids is 1. The second-order valence-corrected chi connectivity index (χ2v) is 3.06. The number of carboxylic acid groups (broad SMARTS) is 1. The Kier molecular flexibility index (Phi) is 5.80. The normalized spacial score (nSPS) is 9.47. The van der Waals surface area contributed by atoms with Crippen molar-refractivity contribution >= 4 is 5.97 Å². The summed E-state index contributed by atoms with van der Waals surface area (Å²) in [5.41, 5.74) is 0. The van der Waals surface area contributed by atoms with E-state index < -0.39 is 12.6 Å². The highest BCUT2D eigenvalue weighted by atomic mass is 16.5. The first-order chi connectivity index (χ1) is 9.15. The quantitative estimate of drug-likeness (QED) is 0.644. The summed E-state index contributed by atoms with van der Waals surface area (Å²) in [7, 11) is 0. The lowest BCUT2D eigenvalue weighted by Crippen LogP contribution is -2.13. The van der Waals surface area contributed by atoms with Crippen molar-refractivity contribution in [3.05, 3.63) is 25.3 Å². The minimum atomic E-state index is -1.15. The van der Waals surface area contributed by atoms with E-state index >= 15 is 0 Å². The minimum absolute atomic E-state index is 0.0469. The monoisotopic (exact) mass is 267 g/mol. The highest BCUT2D eigenvalue weighted by Crippen LogP contribution is 2.14. The van der Waals surface area contributed by atoms with E-state index in [2.05, 4.69) is 28.1 Å². The zero-order valence-corrected chi connectivity index (χ0v) is 10.1. The van der Waals surface area contributed by atoms with Crippen LogP contribution in [0.1, 0.15) is 0 Å². The molecule has 0 atom stereocenters. The molecule has 1 aromatic heterocycles. The summed E-state index contributed by atoms with van der Waals surface area (Å²) in [6, 6.07) is -0.292. The van der Waals surface area contributed by atoms with Crippen molar-refractivity contribution in [1.29, 1.82) is 0 Å². The van der Waals surface area contributed by atoms with Crippen LogP contribution < -0.4 is 14.2 Å². The molecular weight excluding hydrogens is 254 g/mol. The Bertz CT molecular complexity index is 433. The smallest absolute Gasteiger partial charge is 0.341 e. The van der Waals surface area contributed by atoms with Crippen molar-refractivity contribution in [3.8, 4) is 18.0 Å². The van der Waals surface area contributed by atoms with Gasteiger partial charge in [0.1, 0.15) is 13.2 Å². The van der Waals surface area contributed by atoms with Gasteiger partial charge in [-0.25, -0.2) is 4.79 Å². The number of aromatic nitrogens is 3. The molecule has 1 rings (SSSR count). The molecule has 8 nitrogen and oxygen atoms in total. The molecular formula is C11H13N3O5. The molecule has 0 aromatic carbocycles. The highest BCUT2D eigenvalue weighted by molar-refractivity contribution is 5.68. The van der Waals surface area contributed by atoms with Crippen molar-refractivity contribution in [1.82, 2.24) is 15.0 Å². The topological polar surface area (TPSA) is 104 Å². The van der Waals surface area contributed by atoms with Crippen molar-refractivity contribution in [3.63, 3.8) is 0 Å². The van der Waals surface area contributed by atoms with E-state index in [4.69, 9.17) is 19.3 Å². The van der Waals surface area contributed by atoms with Gasteiger partial charge >= 0.3 is 24.0 Å². The van der Waals surface area contributed by atoms with Gasteiger partial charge in [-0.1, -0.05) is 25.3 Å². The standard InChI is InChI=1S/C11H13N3O5/c1-3-5-17-9-12-10(18-6-4-2)14-11(13-9)19-7-8(15)16/h3-4H,1-2,5-7H2,(H,15,16). The molecule has 0 radical (unpaired) electrons. The molecule has 0 aliphatic carbocycles. The van der Waals surface area contributed by atoms with E-state index in [1.54, 1.807) is 0 Å². The summed E-state index contributed by atoms with van der Waals surface area (Å²) in [5, 5.41) is 8.51. The molecule has 0 aliphatic rings. The predicted octanol–water partition coefficient (Wildman–Crippen LogP) is 0.465. The Hall–Kier alpha value is -2.64. The van der Waals surface area contributed by atoms with E-state index in [-0.39, 0.29) is 31.2 Å². The highest BCUT2D eigenvalue weighted by Gasteiger charge is 2.10. The van der Waals surface area contributed by atoms with Crippen LogP contribution in [0.5, 0.6) is 18.0 Å². The van der Waals surface area contributed by atoms with Crippen LogP contribution in [0.3, 0.4) is 0 Å². The number of carbonyl (C=O) groups is 1. The second kappa shape index (κ2) is 7.64. The fraction of sp³-hybridized carbons (Fsp3) is 0.273. The Morgan fingerprint density at radius 1 is 1.00 bits per heavy atom. The van der Waals surface area contributed by atoms with Crippen LogP contribution in [-0.4, -0.2) is 45.8 Å². The molecule has 0 saturated carbocycles. The van der Waals surface area contributed by atoms with Crippen LogP contribution in [-0.2, 0) is 4.79 Å². The third-order valence-corrected chi connectivity index (χ3v) is 1.56. The molecule has 0 bridgehead atoms. The first-order valence-corrected chi connectivity index (χ1v) is 5.23.